The number of nitrogens with zero attached hydrogens (tertiary/aromatic N) is 2. The molecule has 1 rings (SSSR count). The summed E-state index contributed by atoms with van der Waals surface area (Å²) >= 11 is 0. The lowest BCUT2D eigenvalue weighted by atomic mass is 9.97. The van der Waals surface area contributed by atoms with Crippen LogP contribution in [-0.4, -0.2) is 80.4 Å². The first-order valence-electron chi connectivity index (χ1n) is 9.14. The van der Waals surface area contributed by atoms with Crippen LogP contribution in [0.3, 0.4) is 0 Å². The fourth-order valence-corrected chi connectivity index (χ4v) is 3.07. The van der Waals surface area contributed by atoms with Gasteiger partial charge >= 0.3 is 6.09 Å². The Balaban J connectivity index is 2.49. The van der Waals surface area contributed by atoms with Crippen molar-refractivity contribution in [2.45, 2.75) is 52.2 Å². The average Bonchev–Trinajstić information content (AvgIpc) is 2.95. The van der Waals surface area contributed by atoms with E-state index in [0.29, 0.717) is 26.1 Å². The van der Waals surface area contributed by atoms with Crippen molar-refractivity contribution in [2.24, 2.45) is 5.92 Å². The fraction of sp³-hybridized carbons (Fsp3) is 0.889. The Labute approximate surface area is 152 Å². The van der Waals surface area contributed by atoms with Gasteiger partial charge in [-0.25, -0.2) is 4.79 Å². The van der Waals surface area contributed by atoms with Crippen molar-refractivity contribution in [2.75, 3.05) is 46.9 Å². The second-order valence-corrected chi connectivity index (χ2v) is 7.63. The summed E-state index contributed by atoms with van der Waals surface area (Å²) in [5.41, 5.74) is -0.525. The van der Waals surface area contributed by atoms with Crippen LogP contribution in [0.15, 0.2) is 0 Å². The highest BCUT2D eigenvalue weighted by molar-refractivity contribution is 5.81. The maximum atomic E-state index is 12.5. The van der Waals surface area contributed by atoms with Crippen LogP contribution in [0, 0.1) is 5.92 Å². The van der Waals surface area contributed by atoms with Crippen LogP contribution in [0.1, 0.15) is 40.5 Å². The molecule has 146 valence electrons. The van der Waals surface area contributed by atoms with Crippen LogP contribution in [0.25, 0.3) is 0 Å². The molecule has 0 spiro atoms. The number of hydrogen-bond donors (Lipinski definition) is 1. The molecule has 2 atom stereocenters. The molecular formula is C18H35N3O4. The molecule has 7 heteroatoms. The summed E-state index contributed by atoms with van der Waals surface area (Å²) in [6.45, 7) is 11.0. The first-order valence-corrected chi connectivity index (χ1v) is 9.14. The van der Waals surface area contributed by atoms with E-state index in [0.717, 1.165) is 19.5 Å². The number of likely N-dealkylation sites (tertiary alicyclic amines) is 1. The van der Waals surface area contributed by atoms with Crippen LogP contribution in [0.5, 0.6) is 0 Å². The van der Waals surface area contributed by atoms with E-state index in [9.17, 15) is 9.59 Å². The highest BCUT2D eigenvalue weighted by atomic mass is 16.6. The van der Waals surface area contributed by atoms with Crippen LogP contribution < -0.4 is 5.32 Å². The summed E-state index contributed by atoms with van der Waals surface area (Å²) in [7, 11) is 3.68. The minimum Gasteiger partial charge on any atom is -0.444 e. The van der Waals surface area contributed by atoms with E-state index in [1.54, 1.807) is 12.0 Å². The lowest BCUT2D eigenvalue weighted by Crippen LogP contribution is -2.45. The molecule has 0 saturated carbocycles. The van der Waals surface area contributed by atoms with Gasteiger partial charge in [-0.15, -0.1) is 0 Å². The lowest BCUT2D eigenvalue weighted by Gasteiger charge is -2.29. The molecule has 1 N–H and O–H groups in total. The zero-order valence-electron chi connectivity index (χ0n) is 16.6. The lowest BCUT2D eigenvalue weighted by molar-refractivity contribution is -0.125. The number of methoxy groups -OCH3 is 1. The number of likely N-dealkylation sites (N-methyl/N-ethyl adjacent to an activating group) is 1. The number of carbonyl (C=O) groups excluding carboxylic acids is 2. The predicted molar refractivity (Wildman–Crippen MR) is 97.5 cm³/mol. The molecule has 1 aliphatic rings. The SMILES string of the molecule is CC[C@@H]1[C@@H](C(=O)NCCN(C)CCOC)CCN1C(=O)OC(C)(C)C. The quantitative estimate of drug-likeness (QED) is 0.716. The molecule has 1 saturated heterocycles. The molecular weight excluding hydrogens is 322 g/mol. The molecule has 0 aliphatic carbocycles. The molecule has 1 aliphatic heterocycles. The van der Waals surface area contributed by atoms with Crippen molar-refractivity contribution in [1.29, 1.82) is 0 Å². The molecule has 0 radical (unpaired) electrons. The highest BCUT2D eigenvalue weighted by Gasteiger charge is 2.41. The van der Waals surface area contributed by atoms with E-state index < -0.39 is 5.60 Å². The zero-order chi connectivity index (χ0) is 19.0. The number of carbonyl (C=O) groups is 2. The van der Waals surface area contributed by atoms with Gasteiger partial charge in [0.25, 0.3) is 0 Å². The van der Waals surface area contributed by atoms with Crippen molar-refractivity contribution in [3.05, 3.63) is 0 Å². The number of nitrogens with one attached hydrogen (secondary N) is 1. The minimum atomic E-state index is -0.525. The van der Waals surface area contributed by atoms with E-state index in [1.165, 1.54) is 0 Å². The molecule has 0 aromatic heterocycles. The molecule has 0 unspecified atom stereocenters. The summed E-state index contributed by atoms with van der Waals surface area (Å²) in [6, 6.07) is -0.0962. The van der Waals surface area contributed by atoms with Gasteiger partial charge in [0, 0.05) is 39.3 Å². The van der Waals surface area contributed by atoms with Gasteiger partial charge in [0.1, 0.15) is 5.60 Å². The summed E-state index contributed by atoms with van der Waals surface area (Å²) in [4.78, 5) is 28.7. The van der Waals surface area contributed by atoms with E-state index >= 15 is 0 Å². The summed E-state index contributed by atoms with van der Waals surface area (Å²) in [5.74, 6) is -0.139. The Hall–Kier alpha value is -1.34. The van der Waals surface area contributed by atoms with E-state index in [2.05, 4.69) is 10.2 Å². The monoisotopic (exact) mass is 357 g/mol. The van der Waals surface area contributed by atoms with Gasteiger partial charge in [-0.1, -0.05) is 6.92 Å². The van der Waals surface area contributed by atoms with Gasteiger partial charge in [-0.05, 0) is 40.7 Å². The smallest absolute Gasteiger partial charge is 0.410 e. The Morgan fingerprint density at radius 3 is 2.52 bits per heavy atom. The Kier molecular flexibility index (Phi) is 8.65. The maximum Gasteiger partial charge on any atom is 0.410 e. The van der Waals surface area contributed by atoms with Gasteiger partial charge in [0.15, 0.2) is 0 Å². The minimum absolute atomic E-state index is 0.0260. The number of ether oxygens (including phenoxy) is 2. The van der Waals surface area contributed by atoms with Crippen molar-refractivity contribution in [3.63, 3.8) is 0 Å². The summed E-state index contributed by atoms with van der Waals surface area (Å²) < 4.78 is 10.5. The topological polar surface area (TPSA) is 71.1 Å². The number of rotatable bonds is 8. The van der Waals surface area contributed by atoms with Crippen LogP contribution in [0.4, 0.5) is 4.79 Å². The standard InChI is InChI=1S/C18H35N3O4/c1-7-15-14(8-10-21(15)17(23)25-18(2,3)4)16(22)19-9-11-20(5)12-13-24-6/h14-15H,7-13H2,1-6H3,(H,19,22)/t14-,15+/m0/s1. The van der Waals surface area contributed by atoms with Crippen LogP contribution in [-0.2, 0) is 14.3 Å². The number of hydrogen-bond acceptors (Lipinski definition) is 5. The molecule has 0 aromatic rings. The first-order chi connectivity index (χ1) is 11.7. The van der Waals surface area contributed by atoms with E-state index in [-0.39, 0.29) is 24.0 Å². The van der Waals surface area contributed by atoms with E-state index in [1.807, 2.05) is 34.7 Å². The third-order valence-electron chi connectivity index (χ3n) is 4.40. The number of amides is 2. The highest BCUT2D eigenvalue weighted by Crippen LogP contribution is 2.28. The molecule has 2 amide bonds. The predicted octanol–water partition coefficient (Wildman–Crippen LogP) is 1.72. The summed E-state index contributed by atoms with van der Waals surface area (Å²) in [5, 5.41) is 3.00. The van der Waals surface area contributed by atoms with Gasteiger partial charge in [0.05, 0.1) is 12.5 Å². The van der Waals surface area contributed by atoms with Crippen LogP contribution in [0.2, 0.25) is 0 Å². The maximum absolute atomic E-state index is 12.5. The van der Waals surface area contributed by atoms with Gasteiger partial charge in [-0.2, -0.15) is 0 Å². The second kappa shape index (κ2) is 9.97. The second-order valence-electron chi connectivity index (χ2n) is 7.63. The zero-order valence-corrected chi connectivity index (χ0v) is 16.6. The van der Waals surface area contributed by atoms with Gasteiger partial charge in [-0.3, -0.25) is 4.79 Å². The normalized spacial score (nSPS) is 20.8. The van der Waals surface area contributed by atoms with Crippen LogP contribution >= 0.6 is 0 Å². The fourth-order valence-electron chi connectivity index (χ4n) is 3.07. The summed E-state index contributed by atoms with van der Waals surface area (Å²) in [6.07, 6.45) is 1.10. The van der Waals surface area contributed by atoms with Crippen molar-refractivity contribution < 1.29 is 19.1 Å². The third kappa shape index (κ3) is 7.20. The third-order valence-corrected chi connectivity index (χ3v) is 4.40. The molecule has 0 aromatic carbocycles. The average molecular weight is 357 g/mol. The molecule has 1 fully saturated rings. The molecule has 7 nitrogen and oxygen atoms in total. The van der Waals surface area contributed by atoms with E-state index in [4.69, 9.17) is 9.47 Å². The van der Waals surface area contributed by atoms with Crippen molar-refractivity contribution in [3.8, 4) is 0 Å². The molecule has 1 heterocycles. The Bertz CT molecular complexity index is 437. The molecule has 0 bridgehead atoms. The van der Waals surface area contributed by atoms with Gasteiger partial charge in [0.2, 0.25) is 5.91 Å². The Morgan fingerprint density at radius 1 is 1.28 bits per heavy atom. The molecule has 25 heavy (non-hydrogen) atoms. The first kappa shape index (κ1) is 21.7. The largest absolute Gasteiger partial charge is 0.444 e. The van der Waals surface area contributed by atoms with Crippen molar-refractivity contribution >= 4 is 12.0 Å². The van der Waals surface area contributed by atoms with Gasteiger partial charge < -0.3 is 24.6 Å². The van der Waals surface area contributed by atoms with Crippen molar-refractivity contribution in [1.82, 2.24) is 15.1 Å². The Morgan fingerprint density at radius 2 is 1.96 bits per heavy atom.